The Kier molecular flexibility index (Phi) is 7.68. The summed E-state index contributed by atoms with van der Waals surface area (Å²) in [6.07, 6.45) is 0. The van der Waals surface area contributed by atoms with Gasteiger partial charge >= 0.3 is 0 Å². The first-order chi connectivity index (χ1) is 13.1. The van der Waals surface area contributed by atoms with Crippen molar-refractivity contribution in [3.05, 3.63) is 65.7 Å². The number of benzene rings is 2. The molecule has 1 unspecified atom stereocenters. The minimum Gasteiger partial charge on any atom is -0.491 e. The number of rotatable bonds is 9. The molecular formula is C25H38NO2+. The lowest BCUT2D eigenvalue weighted by Gasteiger charge is -2.34. The van der Waals surface area contributed by atoms with Crippen LogP contribution in [0.1, 0.15) is 51.7 Å². The van der Waals surface area contributed by atoms with Gasteiger partial charge in [0.25, 0.3) is 0 Å². The Bertz CT molecular complexity index is 700. The zero-order valence-electron chi connectivity index (χ0n) is 18.7. The van der Waals surface area contributed by atoms with Crippen molar-refractivity contribution in [2.75, 3.05) is 27.3 Å². The molecule has 0 bridgehead atoms. The van der Waals surface area contributed by atoms with E-state index in [1.807, 2.05) is 6.07 Å². The van der Waals surface area contributed by atoms with E-state index in [4.69, 9.17) is 9.57 Å². The fourth-order valence-corrected chi connectivity index (χ4v) is 4.17. The highest BCUT2D eigenvalue weighted by Crippen LogP contribution is 2.40. The van der Waals surface area contributed by atoms with Crippen LogP contribution in [0.2, 0.25) is 0 Å². The second-order valence-corrected chi connectivity index (χ2v) is 9.56. The molecule has 0 aromatic heterocycles. The van der Waals surface area contributed by atoms with Gasteiger partial charge in [0.05, 0.1) is 14.1 Å². The summed E-state index contributed by atoms with van der Waals surface area (Å²) in [6, 6.07) is 19.0. The summed E-state index contributed by atoms with van der Waals surface area (Å²) in [5, 5.41) is 0. The van der Waals surface area contributed by atoms with Crippen LogP contribution < -0.4 is 4.74 Å². The van der Waals surface area contributed by atoms with E-state index in [0.29, 0.717) is 29.7 Å². The molecule has 3 nitrogen and oxygen atoms in total. The van der Waals surface area contributed by atoms with Crippen molar-refractivity contribution in [3.8, 4) is 5.75 Å². The number of hydrogen-bond donors (Lipinski definition) is 0. The molecule has 2 aromatic carbocycles. The van der Waals surface area contributed by atoms with Gasteiger partial charge in [0.2, 0.25) is 0 Å². The summed E-state index contributed by atoms with van der Waals surface area (Å²) in [5.41, 5.74) is 2.89. The monoisotopic (exact) mass is 384 g/mol. The van der Waals surface area contributed by atoms with Crippen LogP contribution in [0.4, 0.5) is 0 Å². The van der Waals surface area contributed by atoms with Crippen molar-refractivity contribution in [1.29, 1.82) is 0 Å². The molecule has 28 heavy (non-hydrogen) atoms. The molecule has 0 aliphatic rings. The van der Waals surface area contributed by atoms with Crippen LogP contribution in [-0.2, 0) is 11.4 Å². The minimum atomic E-state index is 0.243. The quantitative estimate of drug-likeness (QED) is 0.297. The molecular weight excluding hydrogens is 346 g/mol. The third-order valence-corrected chi connectivity index (χ3v) is 5.04. The summed E-state index contributed by atoms with van der Waals surface area (Å²) < 4.78 is 6.38. The highest BCUT2D eigenvalue weighted by Gasteiger charge is 2.28. The topological polar surface area (TPSA) is 18.5 Å². The Hall–Kier alpha value is -1.84. The number of hydroxylamine groups is 3. The Labute approximate surface area is 171 Å². The number of hydrogen-bond acceptors (Lipinski definition) is 2. The highest BCUT2D eigenvalue weighted by atomic mass is 16.7. The Morgan fingerprint density at radius 3 is 2.00 bits per heavy atom. The van der Waals surface area contributed by atoms with Crippen LogP contribution in [0.5, 0.6) is 5.75 Å². The summed E-state index contributed by atoms with van der Waals surface area (Å²) >= 11 is 0. The zero-order chi connectivity index (χ0) is 20.8. The van der Waals surface area contributed by atoms with E-state index in [0.717, 1.165) is 12.3 Å². The van der Waals surface area contributed by atoms with E-state index < -0.39 is 0 Å². The number of ether oxygens (including phenoxy) is 1. The zero-order valence-corrected chi connectivity index (χ0v) is 18.7. The molecule has 1 atom stereocenters. The third kappa shape index (κ3) is 6.96. The molecule has 0 spiro atoms. The molecule has 0 radical (unpaired) electrons. The fraction of sp³-hybridized carbons (Fsp3) is 0.520. The molecule has 0 heterocycles. The van der Waals surface area contributed by atoms with Crippen LogP contribution in [-0.4, -0.2) is 32.0 Å². The summed E-state index contributed by atoms with van der Waals surface area (Å²) in [7, 11) is 4.14. The van der Waals surface area contributed by atoms with Crippen molar-refractivity contribution >= 4 is 0 Å². The normalized spacial score (nSPS) is 13.6. The second kappa shape index (κ2) is 9.58. The number of quaternary nitrogens is 1. The van der Waals surface area contributed by atoms with Gasteiger partial charge in [0.15, 0.2) is 0 Å². The fourth-order valence-electron chi connectivity index (χ4n) is 4.17. The Morgan fingerprint density at radius 2 is 1.46 bits per heavy atom. The minimum absolute atomic E-state index is 0.243. The van der Waals surface area contributed by atoms with Gasteiger partial charge in [-0.25, -0.2) is 0 Å². The summed E-state index contributed by atoms with van der Waals surface area (Å²) in [6.45, 7) is 13.5. The molecule has 0 saturated heterocycles. The maximum atomic E-state index is 6.01. The average Bonchev–Trinajstić information content (AvgIpc) is 2.59. The lowest BCUT2D eigenvalue weighted by molar-refractivity contribution is -1.09. The van der Waals surface area contributed by atoms with Crippen molar-refractivity contribution in [2.24, 2.45) is 11.3 Å². The van der Waals surface area contributed by atoms with Crippen molar-refractivity contribution < 1.29 is 14.2 Å². The summed E-state index contributed by atoms with van der Waals surface area (Å²) in [5.74, 6) is 2.03. The molecule has 3 heteroatoms. The van der Waals surface area contributed by atoms with Crippen LogP contribution in [0.15, 0.2) is 54.6 Å². The van der Waals surface area contributed by atoms with E-state index in [1.165, 1.54) is 11.1 Å². The van der Waals surface area contributed by atoms with Gasteiger partial charge in [-0.05, 0) is 34.9 Å². The van der Waals surface area contributed by atoms with E-state index in [1.54, 1.807) is 0 Å². The first kappa shape index (κ1) is 22.4. The largest absolute Gasteiger partial charge is 0.491 e. The molecule has 154 valence electrons. The van der Waals surface area contributed by atoms with E-state index in [9.17, 15) is 0 Å². The smallest absolute Gasteiger partial charge is 0.140 e. The van der Waals surface area contributed by atoms with Gasteiger partial charge in [-0.3, -0.25) is 0 Å². The third-order valence-electron chi connectivity index (χ3n) is 5.04. The maximum absolute atomic E-state index is 6.01. The van der Waals surface area contributed by atoms with Crippen LogP contribution >= 0.6 is 0 Å². The predicted molar refractivity (Wildman–Crippen MR) is 117 cm³/mol. The molecule has 0 saturated carbocycles. The number of nitrogens with zero attached hydrogens (tertiary/aromatic N) is 1. The second-order valence-electron chi connectivity index (χ2n) is 9.56. The van der Waals surface area contributed by atoms with E-state index in [-0.39, 0.29) is 5.41 Å². The van der Waals surface area contributed by atoms with E-state index >= 15 is 0 Å². The highest BCUT2D eigenvalue weighted by molar-refractivity contribution is 5.30. The van der Waals surface area contributed by atoms with Gasteiger partial charge in [0.1, 0.15) is 25.5 Å². The van der Waals surface area contributed by atoms with Gasteiger partial charge in [-0.2, -0.15) is 9.48 Å². The summed E-state index contributed by atoms with van der Waals surface area (Å²) in [4.78, 5) is 6.01. The Morgan fingerprint density at radius 1 is 0.857 bits per heavy atom. The van der Waals surface area contributed by atoms with Gasteiger partial charge < -0.3 is 4.74 Å². The standard InChI is InChI=1S/C25H38NO2/c1-20(2)24(25(3,4)5)22-13-15-23(16-14-22)27-17-18-28-26(6,7)19-21-11-9-8-10-12-21/h8-16,20,24H,17-19H2,1-7H3/q+1. The molecule has 0 N–H and O–H groups in total. The predicted octanol–water partition coefficient (Wildman–Crippen LogP) is 6.06. The molecule has 0 amide bonds. The van der Waals surface area contributed by atoms with Gasteiger partial charge in [-0.15, -0.1) is 0 Å². The van der Waals surface area contributed by atoms with Crippen LogP contribution in [0.25, 0.3) is 0 Å². The average molecular weight is 385 g/mol. The molecule has 2 aromatic rings. The van der Waals surface area contributed by atoms with Crippen molar-refractivity contribution in [1.82, 2.24) is 0 Å². The first-order valence-electron chi connectivity index (χ1n) is 10.3. The first-order valence-corrected chi connectivity index (χ1v) is 10.3. The maximum Gasteiger partial charge on any atom is 0.140 e. The molecule has 2 rings (SSSR count). The molecule has 0 aliphatic carbocycles. The van der Waals surface area contributed by atoms with E-state index in [2.05, 4.69) is 97.2 Å². The van der Waals surface area contributed by atoms with Crippen molar-refractivity contribution in [2.45, 2.75) is 47.1 Å². The van der Waals surface area contributed by atoms with Crippen LogP contribution in [0.3, 0.4) is 0 Å². The molecule has 0 fully saturated rings. The van der Waals surface area contributed by atoms with Crippen LogP contribution in [0, 0.1) is 11.3 Å². The van der Waals surface area contributed by atoms with Gasteiger partial charge in [-0.1, -0.05) is 77.1 Å². The lowest BCUT2D eigenvalue weighted by atomic mass is 9.70. The SMILES string of the molecule is CC(C)C(c1ccc(OCCO[N+](C)(C)Cc2ccccc2)cc1)C(C)(C)C. The molecule has 0 aliphatic heterocycles. The Balaban J connectivity index is 1.83. The van der Waals surface area contributed by atoms with Gasteiger partial charge in [0, 0.05) is 5.56 Å². The lowest BCUT2D eigenvalue weighted by Crippen LogP contribution is -2.39. The van der Waals surface area contributed by atoms with Crippen molar-refractivity contribution in [3.63, 3.8) is 0 Å².